The summed E-state index contributed by atoms with van der Waals surface area (Å²) >= 11 is 0. The fourth-order valence-electron chi connectivity index (χ4n) is 0.406. The molecular weight excluding hydrogens is 149 g/mol. The zero-order chi connectivity index (χ0) is 7.61. The summed E-state index contributed by atoms with van der Waals surface area (Å²) in [5, 5.41) is 1.08. The number of rotatable bonds is 1. The van der Waals surface area contributed by atoms with E-state index in [4.69, 9.17) is 0 Å². The van der Waals surface area contributed by atoms with Gasteiger partial charge < -0.3 is 4.42 Å². The quantitative estimate of drug-likeness (QED) is 0.621. The van der Waals surface area contributed by atoms with Gasteiger partial charge in [0.1, 0.15) is 6.26 Å². The van der Waals surface area contributed by atoms with Gasteiger partial charge in [0.25, 0.3) is 0 Å². The Kier molecular flexibility index (Phi) is 1.52. The molecule has 56 valence electrons. The van der Waals surface area contributed by atoms with E-state index in [9.17, 15) is 13.2 Å². The zero-order valence-corrected chi connectivity index (χ0v) is 4.64. The van der Waals surface area contributed by atoms with E-state index in [-0.39, 0.29) is 0 Å². The molecule has 0 saturated carbocycles. The minimum atomic E-state index is -4.48. The van der Waals surface area contributed by atoms with E-state index in [1.54, 1.807) is 0 Å². The topological polar surface area (TPSA) is 38.1 Å². The molecule has 0 atom stereocenters. The summed E-state index contributed by atoms with van der Waals surface area (Å²) in [6, 6.07) is -0.549. The third-order valence-corrected chi connectivity index (χ3v) is 0.681. The van der Waals surface area contributed by atoms with Crippen LogP contribution in [0.4, 0.5) is 19.2 Å². The van der Waals surface area contributed by atoms with Gasteiger partial charge in [0.2, 0.25) is 0 Å². The van der Waals surface area contributed by atoms with Crippen LogP contribution in [0.2, 0.25) is 0 Å². The lowest BCUT2D eigenvalue weighted by atomic mass is 10.9. The van der Waals surface area contributed by atoms with Crippen molar-refractivity contribution in [2.75, 3.05) is 5.32 Å². The van der Waals surface area contributed by atoms with Crippen molar-refractivity contribution in [3.63, 3.8) is 0 Å². The molecule has 0 amide bonds. The lowest BCUT2D eigenvalue weighted by Crippen LogP contribution is -2.20. The summed E-state index contributed by atoms with van der Waals surface area (Å²) < 4.78 is 38.5. The molecule has 0 aliphatic carbocycles. The first-order chi connectivity index (χ1) is 4.58. The second-order valence-corrected chi connectivity index (χ2v) is 1.46. The van der Waals surface area contributed by atoms with Gasteiger partial charge in [-0.2, -0.15) is 13.2 Å². The van der Waals surface area contributed by atoms with Gasteiger partial charge in [0, 0.05) is 0 Å². The molecular formula is C4H3F3N2O. The number of hydrogen-bond acceptors (Lipinski definition) is 3. The van der Waals surface area contributed by atoms with Crippen molar-refractivity contribution in [3.05, 3.63) is 12.5 Å². The number of nitrogens with one attached hydrogen (secondary N) is 1. The molecule has 0 unspecified atom stereocenters. The van der Waals surface area contributed by atoms with E-state index >= 15 is 0 Å². The van der Waals surface area contributed by atoms with Gasteiger partial charge in [-0.3, -0.25) is 5.32 Å². The number of halogens is 3. The highest BCUT2D eigenvalue weighted by molar-refractivity contribution is 5.18. The Bertz CT molecular complexity index is 193. The molecule has 3 nitrogen and oxygen atoms in total. The molecule has 1 aromatic rings. The number of aromatic nitrogens is 1. The van der Waals surface area contributed by atoms with Gasteiger partial charge in [0.05, 0.1) is 6.20 Å². The van der Waals surface area contributed by atoms with Crippen molar-refractivity contribution in [2.45, 2.75) is 6.30 Å². The van der Waals surface area contributed by atoms with Gasteiger partial charge in [-0.05, 0) is 0 Å². The van der Waals surface area contributed by atoms with Gasteiger partial charge in [-0.1, -0.05) is 0 Å². The summed E-state index contributed by atoms with van der Waals surface area (Å²) in [7, 11) is 0. The minimum absolute atomic E-state index is 0.549. The number of nitrogens with zero attached hydrogens (tertiary/aromatic N) is 1. The van der Waals surface area contributed by atoms with Gasteiger partial charge in [-0.25, -0.2) is 4.98 Å². The first-order valence-electron chi connectivity index (χ1n) is 2.32. The van der Waals surface area contributed by atoms with E-state index in [1.807, 2.05) is 0 Å². The molecule has 0 aliphatic heterocycles. The fraction of sp³-hybridized carbons (Fsp3) is 0.250. The molecule has 0 saturated heterocycles. The number of alkyl halides is 3. The lowest BCUT2D eigenvalue weighted by Gasteiger charge is -2.03. The normalized spacial score (nSPS) is 11.5. The Morgan fingerprint density at radius 1 is 1.50 bits per heavy atom. The van der Waals surface area contributed by atoms with E-state index in [0.29, 0.717) is 0 Å². The highest BCUT2D eigenvalue weighted by Crippen LogP contribution is 2.17. The largest absolute Gasteiger partial charge is 0.485 e. The highest BCUT2D eigenvalue weighted by atomic mass is 19.4. The summed E-state index contributed by atoms with van der Waals surface area (Å²) in [5.41, 5.74) is 0. The molecule has 0 bridgehead atoms. The molecule has 0 aromatic carbocycles. The summed E-state index contributed by atoms with van der Waals surface area (Å²) in [6.07, 6.45) is -2.31. The van der Waals surface area contributed by atoms with E-state index in [0.717, 1.165) is 17.8 Å². The first-order valence-corrected chi connectivity index (χ1v) is 2.32. The first kappa shape index (κ1) is 6.91. The molecule has 1 heterocycles. The highest BCUT2D eigenvalue weighted by Gasteiger charge is 2.28. The third-order valence-electron chi connectivity index (χ3n) is 0.681. The number of oxazole rings is 1. The molecule has 1 rings (SSSR count). The van der Waals surface area contributed by atoms with Crippen molar-refractivity contribution in [2.24, 2.45) is 0 Å². The Morgan fingerprint density at radius 3 is 2.60 bits per heavy atom. The second kappa shape index (κ2) is 2.20. The van der Waals surface area contributed by atoms with E-state index in [1.165, 1.54) is 0 Å². The van der Waals surface area contributed by atoms with Crippen LogP contribution in [0.5, 0.6) is 0 Å². The van der Waals surface area contributed by atoms with Crippen LogP contribution in [-0.2, 0) is 0 Å². The number of hydrogen-bond donors (Lipinski definition) is 1. The van der Waals surface area contributed by atoms with Crippen LogP contribution in [0, 0.1) is 0 Å². The molecule has 10 heavy (non-hydrogen) atoms. The van der Waals surface area contributed by atoms with Crippen LogP contribution in [0.25, 0.3) is 0 Å². The Morgan fingerprint density at radius 2 is 2.20 bits per heavy atom. The maximum Gasteiger partial charge on any atom is 0.485 e. The minimum Gasteiger partial charge on any atom is -0.432 e. The van der Waals surface area contributed by atoms with Gasteiger partial charge in [-0.15, -0.1) is 0 Å². The molecule has 6 heteroatoms. The van der Waals surface area contributed by atoms with E-state index in [2.05, 4.69) is 9.40 Å². The predicted octanol–water partition coefficient (Wildman–Crippen LogP) is 1.61. The Labute approximate surface area is 53.9 Å². The van der Waals surface area contributed by atoms with Crippen molar-refractivity contribution in [3.8, 4) is 0 Å². The Hall–Kier alpha value is -1.20. The smallest absolute Gasteiger partial charge is 0.432 e. The van der Waals surface area contributed by atoms with Crippen molar-refractivity contribution >= 4 is 6.01 Å². The molecule has 0 radical (unpaired) electrons. The maximum atomic E-state index is 11.4. The monoisotopic (exact) mass is 152 g/mol. The van der Waals surface area contributed by atoms with E-state index < -0.39 is 12.3 Å². The zero-order valence-electron chi connectivity index (χ0n) is 4.64. The van der Waals surface area contributed by atoms with Crippen molar-refractivity contribution in [1.29, 1.82) is 0 Å². The fourth-order valence-corrected chi connectivity index (χ4v) is 0.406. The maximum absolute atomic E-state index is 11.4. The van der Waals surface area contributed by atoms with Crippen molar-refractivity contribution in [1.82, 2.24) is 4.98 Å². The number of anilines is 1. The average Bonchev–Trinajstić information content (AvgIpc) is 2.12. The molecule has 1 N–H and O–H groups in total. The third kappa shape index (κ3) is 1.96. The van der Waals surface area contributed by atoms with Crippen LogP contribution in [0.3, 0.4) is 0 Å². The van der Waals surface area contributed by atoms with Crippen LogP contribution in [0.1, 0.15) is 0 Å². The summed E-state index contributed by atoms with van der Waals surface area (Å²) in [4.78, 5) is 3.20. The second-order valence-electron chi connectivity index (χ2n) is 1.46. The molecule has 1 aromatic heterocycles. The van der Waals surface area contributed by atoms with Crippen molar-refractivity contribution < 1.29 is 17.6 Å². The molecule has 0 aliphatic rings. The van der Waals surface area contributed by atoms with Crippen LogP contribution < -0.4 is 5.32 Å². The van der Waals surface area contributed by atoms with Gasteiger partial charge in [0.15, 0.2) is 0 Å². The summed E-state index contributed by atoms with van der Waals surface area (Å²) in [6.45, 7) is 0. The van der Waals surface area contributed by atoms with Crippen LogP contribution in [0.15, 0.2) is 16.9 Å². The average molecular weight is 152 g/mol. The standard InChI is InChI=1S/C4H3F3N2O/c5-4(6,7)9-3-8-1-2-10-3/h1-2H,(H,8,9). The Balaban J connectivity index is 2.57. The van der Waals surface area contributed by atoms with Gasteiger partial charge >= 0.3 is 12.3 Å². The lowest BCUT2D eigenvalue weighted by molar-refractivity contribution is -0.102. The molecule has 0 spiro atoms. The van der Waals surface area contributed by atoms with Crippen LogP contribution in [-0.4, -0.2) is 11.3 Å². The molecule has 0 fully saturated rings. The SMILES string of the molecule is FC(F)(F)Nc1ncco1. The predicted molar refractivity (Wildman–Crippen MR) is 26.2 cm³/mol. The summed E-state index contributed by atoms with van der Waals surface area (Å²) in [5.74, 6) is 0. The van der Waals surface area contributed by atoms with Crippen LogP contribution >= 0.6 is 0 Å².